The molecule has 0 aromatic heterocycles. The lowest BCUT2D eigenvalue weighted by Gasteiger charge is -2.35. The number of nitrogens with one attached hydrogen (secondary N) is 1. The third-order valence-electron chi connectivity index (χ3n) is 6.86. The van der Waals surface area contributed by atoms with Crippen LogP contribution in [0.2, 0.25) is 0 Å². The average molecular weight is 514 g/mol. The predicted octanol–water partition coefficient (Wildman–Crippen LogP) is 4.60. The van der Waals surface area contributed by atoms with E-state index in [4.69, 9.17) is 0 Å². The molecule has 3 heterocycles. The minimum Gasteiger partial charge on any atom is -0.357 e. The molecule has 0 radical (unpaired) electrons. The number of imide groups is 1. The number of amides is 3. The minimum absolute atomic E-state index is 0.271. The first-order chi connectivity index (χ1) is 16.5. The molecule has 2 saturated heterocycles. The van der Waals surface area contributed by atoms with Gasteiger partial charge < -0.3 is 10.2 Å². The summed E-state index contributed by atoms with van der Waals surface area (Å²) in [4.78, 5) is 44.3. The zero-order valence-electron chi connectivity index (χ0n) is 18.0. The van der Waals surface area contributed by atoms with Gasteiger partial charge in [-0.3, -0.25) is 14.4 Å². The molecule has 6 nitrogen and oxygen atoms in total. The third-order valence-corrected chi connectivity index (χ3v) is 7.39. The first kappa shape index (κ1) is 20.9. The van der Waals surface area contributed by atoms with Crippen molar-refractivity contribution in [3.8, 4) is 0 Å². The van der Waals surface area contributed by atoms with Crippen LogP contribution in [0.25, 0.3) is 6.08 Å². The van der Waals surface area contributed by atoms with E-state index in [9.17, 15) is 14.4 Å². The van der Waals surface area contributed by atoms with Crippen molar-refractivity contribution in [3.63, 3.8) is 0 Å². The summed E-state index contributed by atoms with van der Waals surface area (Å²) in [7, 11) is 0. The van der Waals surface area contributed by atoms with Gasteiger partial charge in [-0.2, -0.15) is 0 Å². The second-order valence-corrected chi connectivity index (χ2v) is 9.59. The van der Waals surface area contributed by atoms with Gasteiger partial charge in [0, 0.05) is 16.4 Å². The Labute approximate surface area is 205 Å². The summed E-state index contributed by atoms with van der Waals surface area (Å²) in [5, 5.41) is 2.95. The Hall–Kier alpha value is -3.71. The Morgan fingerprint density at radius 3 is 2.26 bits per heavy atom. The van der Waals surface area contributed by atoms with Gasteiger partial charge in [0.2, 0.25) is 17.7 Å². The molecule has 7 heteroatoms. The molecular weight excluding hydrogens is 494 g/mol. The van der Waals surface area contributed by atoms with E-state index < -0.39 is 23.9 Å². The monoisotopic (exact) mass is 513 g/mol. The first-order valence-corrected chi connectivity index (χ1v) is 11.9. The van der Waals surface area contributed by atoms with Crippen LogP contribution in [0.4, 0.5) is 11.4 Å². The van der Waals surface area contributed by atoms with E-state index in [1.54, 1.807) is 36.4 Å². The lowest BCUT2D eigenvalue weighted by Crippen LogP contribution is -2.46. The van der Waals surface area contributed by atoms with E-state index in [1.807, 2.05) is 59.6 Å². The lowest BCUT2D eigenvalue weighted by atomic mass is 9.84. The Bertz CT molecular complexity index is 1340. The van der Waals surface area contributed by atoms with Gasteiger partial charge in [-0.05, 0) is 53.6 Å². The maximum Gasteiger partial charge on any atom is 0.247 e. The molecule has 3 aromatic carbocycles. The molecule has 3 aliphatic heterocycles. The standard InChI is InChI=1S/C27H20BrN3O3/c28-17-10-12-19(13-11-17)31-26(33)21-22(27(31)34)24(25(32)29-18-7-2-1-3-8-18)30-15-14-16-6-4-5-9-20(16)23(21)30/h1-15,21-24H,(H,29,32)/t21-,22+,23+,24-/m0/s1. The molecule has 2 fully saturated rings. The largest absolute Gasteiger partial charge is 0.357 e. The molecule has 6 rings (SSSR count). The second-order valence-electron chi connectivity index (χ2n) is 8.68. The number of hydrogen-bond donors (Lipinski definition) is 1. The highest BCUT2D eigenvalue weighted by Gasteiger charge is 2.64. The summed E-state index contributed by atoms with van der Waals surface area (Å²) >= 11 is 3.40. The third kappa shape index (κ3) is 3.11. The molecule has 34 heavy (non-hydrogen) atoms. The maximum absolute atomic E-state index is 13.8. The summed E-state index contributed by atoms with van der Waals surface area (Å²) < 4.78 is 0.855. The molecule has 3 aromatic rings. The zero-order valence-corrected chi connectivity index (χ0v) is 19.6. The van der Waals surface area contributed by atoms with E-state index in [0.717, 1.165) is 15.6 Å². The van der Waals surface area contributed by atoms with E-state index in [2.05, 4.69) is 21.2 Å². The number of carbonyl (C=O) groups is 3. The number of fused-ring (bicyclic) bond motifs is 5. The topological polar surface area (TPSA) is 69.7 Å². The predicted molar refractivity (Wildman–Crippen MR) is 133 cm³/mol. The van der Waals surface area contributed by atoms with Crippen LogP contribution in [0.3, 0.4) is 0 Å². The smallest absolute Gasteiger partial charge is 0.247 e. The van der Waals surface area contributed by atoms with Crippen molar-refractivity contribution in [2.75, 3.05) is 10.2 Å². The number of hydrogen-bond acceptors (Lipinski definition) is 4. The summed E-state index contributed by atoms with van der Waals surface area (Å²) in [6.45, 7) is 0. The second kappa shape index (κ2) is 7.95. The fourth-order valence-corrected chi connectivity index (χ4v) is 5.70. The van der Waals surface area contributed by atoms with Gasteiger partial charge in [-0.25, -0.2) is 4.90 Å². The molecule has 3 aliphatic rings. The number of benzene rings is 3. The summed E-state index contributed by atoms with van der Waals surface area (Å²) in [5.74, 6) is -2.36. The van der Waals surface area contributed by atoms with E-state index in [1.165, 1.54) is 4.90 Å². The Morgan fingerprint density at radius 2 is 1.50 bits per heavy atom. The number of nitrogens with zero attached hydrogens (tertiary/aromatic N) is 2. The van der Waals surface area contributed by atoms with Gasteiger partial charge >= 0.3 is 0 Å². The van der Waals surface area contributed by atoms with Crippen molar-refractivity contribution < 1.29 is 14.4 Å². The highest BCUT2D eigenvalue weighted by Crippen LogP contribution is 2.53. The van der Waals surface area contributed by atoms with Crippen LogP contribution in [0.15, 0.2) is 89.5 Å². The Morgan fingerprint density at radius 1 is 0.824 bits per heavy atom. The molecule has 0 saturated carbocycles. The van der Waals surface area contributed by atoms with Gasteiger partial charge in [0.05, 0.1) is 23.6 Å². The van der Waals surface area contributed by atoms with E-state index >= 15 is 0 Å². The van der Waals surface area contributed by atoms with Crippen molar-refractivity contribution in [1.82, 2.24) is 4.90 Å². The van der Waals surface area contributed by atoms with Crippen molar-refractivity contribution >= 4 is 51.1 Å². The van der Waals surface area contributed by atoms with Gasteiger partial charge in [-0.1, -0.05) is 58.4 Å². The molecule has 0 spiro atoms. The number of anilines is 2. The SMILES string of the molecule is O=C(Nc1ccccc1)[C@@H]1[C@@H]2C(=O)N(c3ccc(Br)cc3)C(=O)[C@@H]2[C@H]2c3ccccc3C=CN12. The van der Waals surface area contributed by atoms with Crippen LogP contribution in [-0.2, 0) is 14.4 Å². The van der Waals surface area contributed by atoms with Crippen LogP contribution < -0.4 is 10.2 Å². The number of para-hydroxylation sites is 1. The highest BCUT2D eigenvalue weighted by molar-refractivity contribution is 9.10. The number of rotatable bonds is 3. The van der Waals surface area contributed by atoms with Crippen LogP contribution >= 0.6 is 15.9 Å². The highest BCUT2D eigenvalue weighted by atomic mass is 79.9. The molecular formula is C27H20BrN3O3. The molecule has 0 bridgehead atoms. The van der Waals surface area contributed by atoms with Crippen molar-refractivity contribution in [1.29, 1.82) is 0 Å². The Balaban J connectivity index is 1.45. The van der Waals surface area contributed by atoms with Crippen LogP contribution in [0.1, 0.15) is 17.2 Å². The molecule has 168 valence electrons. The normalized spacial score (nSPS) is 24.6. The number of carbonyl (C=O) groups excluding carboxylic acids is 3. The summed E-state index contributed by atoms with van der Waals surface area (Å²) in [6, 6.07) is 22.9. The van der Waals surface area contributed by atoms with E-state index in [-0.39, 0.29) is 17.7 Å². The van der Waals surface area contributed by atoms with Crippen molar-refractivity contribution in [3.05, 3.63) is 101 Å². The molecule has 0 aliphatic carbocycles. The molecule has 4 atom stereocenters. The molecule has 1 N–H and O–H groups in total. The van der Waals surface area contributed by atoms with Gasteiger partial charge in [0.15, 0.2) is 0 Å². The van der Waals surface area contributed by atoms with Crippen LogP contribution in [-0.4, -0.2) is 28.7 Å². The zero-order chi connectivity index (χ0) is 23.4. The van der Waals surface area contributed by atoms with Gasteiger partial charge in [-0.15, -0.1) is 0 Å². The van der Waals surface area contributed by atoms with Crippen LogP contribution in [0, 0.1) is 11.8 Å². The van der Waals surface area contributed by atoms with Crippen LogP contribution in [0.5, 0.6) is 0 Å². The Kier molecular flexibility index (Phi) is 4.88. The number of halogens is 1. The summed E-state index contributed by atoms with van der Waals surface area (Å²) in [6.07, 6.45) is 3.79. The fourth-order valence-electron chi connectivity index (χ4n) is 5.44. The maximum atomic E-state index is 13.8. The average Bonchev–Trinajstić information content (AvgIpc) is 3.33. The summed E-state index contributed by atoms with van der Waals surface area (Å²) in [5.41, 5.74) is 3.11. The minimum atomic E-state index is -0.809. The fraction of sp³-hybridized carbons (Fsp3) is 0.148. The van der Waals surface area contributed by atoms with E-state index in [0.29, 0.717) is 11.4 Å². The van der Waals surface area contributed by atoms with Crippen molar-refractivity contribution in [2.24, 2.45) is 11.8 Å². The quantitative estimate of drug-likeness (QED) is 0.519. The first-order valence-electron chi connectivity index (χ1n) is 11.1. The van der Waals surface area contributed by atoms with Gasteiger partial charge in [0.25, 0.3) is 0 Å². The molecule has 3 amide bonds. The molecule has 0 unspecified atom stereocenters. The van der Waals surface area contributed by atoms with Gasteiger partial charge in [0.1, 0.15) is 6.04 Å². The lowest BCUT2D eigenvalue weighted by molar-refractivity contribution is -0.128. The van der Waals surface area contributed by atoms with Crippen molar-refractivity contribution in [2.45, 2.75) is 12.1 Å².